The van der Waals surface area contributed by atoms with Crippen molar-refractivity contribution in [1.82, 2.24) is 10.2 Å². The Hall–Kier alpha value is -2.87. The van der Waals surface area contributed by atoms with Crippen molar-refractivity contribution in [2.24, 2.45) is 5.92 Å². The Bertz CT molecular complexity index is 1050. The first-order chi connectivity index (χ1) is 15.4. The fraction of sp³-hybridized carbons (Fsp3) is 0.440. The first-order valence-corrected chi connectivity index (χ1v) is 12.9. The summed E-state index contributed by atoms with van der Waals surface area (Å²) in [5, 5.41) is 2.87. The molecule has 0 spiro atoms. The molecule has 0 saturated carbocycles. The Morgan fingerprint density at radius 2 is 1.42 bits per heavy atom. The lowest BCUT2D eigenvalue weighted by molar-refractivity contribution is -0.139. The SMILES string of the molecule is Cc1ccc(CN(C(=O)CN(c2ccc(C)cc2)S(C)(=O)=O)[C@@H](C)C(=O)NCC(C)C)cc1. The van der Waals surface area contributed by atoms with Gasteiger partial charge in [0, 0.05) is 13.1 Å². The molecule has 0 fully saturated rings. The maximum absolute atomic E-state index is 13.4. The molecule has 0 radical (unpaired) electrons. The van der Waals surface area contributed by atoms with Crippen LogP contribution in [0.15, 0.2) is 48.5 Å². The maximum Gasteiger partial charge on any atom is 0.244 e. The summed E-state index contributed by atoms with van der Waals surface area (Å²) < 4.78 is 26.1. The lowest BCUT2D eigenvalue weighted by Gasteiger charge is -2.31. The zero-order valence-electron chi connectivity index (χ0n) is 20.3. The molecule has 0 bridgehead atoms. The smallest absolute Gasteiger partial charge is 0.244 e. The van der Waals surface area contributed by atoms with Crippen LogP contribution in [0.2, 0.25) is 0 Å². The number of anilines is 1. The van der Waals surface area contributed by atoms with Gasteiger partial charge in [-0.25, -0.2) is 8.42 Å². The fourth-order valence-electron chi connectivity index (χ4n) is 3.25. The van der Waals surface area contributed by atoms with Crippen LogP contribution >= 0.6 is 0 Å². The van der Waals surface area contributed by atoms with Gasteiger partial charge in [-0.3, -0.25) is 13.9 Å². The summed E-state index contributed by atoms with van der Waals surface area (Å²) in [7, 11) is -3.72. The lowest BCUT2D eigenvalue weighted by Crippen LogP contribution is -2.51. The molecule has 2 aromatic rings. The number of aryl methyl sites for hydroxylation is 2. The summed E-state index contributed by atoms with van der Waals surface area (Å²) in [6, 6.07) is 13.9. The Kier molecular flexibility index (Phi) is 9.05. The van der Waals surface area contributed by atoms with E-state index in [2.05, 4.69) is 5.32 Å². The first-order valence-electron chi connectivity index (χ1n) is 11.1. The van der Waals surface area contributed by atoms with Gasteiger partial charge in [-0.05, 0) is 44.4 Å². The van der Waals surface area contributed by atoms with E-state index in [9.17, 15) is 18.0 Å². The number of benzene rings is 2. The van der Waals surface area contributed by atoms with Crippen LogP contribution in [0.5, 0.6) is 0 Å². The second kappa shape index (κ2) is 11.3. The summed E-state index contributed by atoms with van der Waals surface area (Å²) >= 11 is 0. The van der Waals surface area contributed by atoms with Gasteiger partial charge in [0.15, 0.2) is 0 Å². The molecule has 0 aromatic heterocycles. The van der Waals surface area contributed by atoms with Gasteiger partial charge in [-0.15, -0.1) is 0 Å². The quantitative estimate of drug-likeness (QED) is 0.574. The summed E-state index contributed by atoms with van der Waals surface area (Å²) in [6.45, 7) is 9.82. The fourth-order valence-corrected chi connectivity index (χ4v) is 4.10. The molecule has 1 atom stereocenters. The van der Waals surface area contributed by atoms with Crippen molar-refractivity contribution in [1.29, 1.82) is 0 Å². The van der Waals surface area contributed by atoms with E-state index in [0.29, 0.717) is 12.2 Å². The van der Waals surface area contributed by atoms with E-state index in [1.54, 1.807) is 31.2 Å². The van der Waals surface area contributed by atoms with Crippen LogP contribution < -0.4 is 9.62 Å². The number of rotatable bonds is 10. The van der Waals surface area contributed by atoms with Gasteiger partial charge in [-0.2, -0.15) is 0 Å². The molecule has 8 heteroatoms. The molecule has 0 aliphatic heterocycles. The van der Waals surface area contributed by atoms with E-state index in [-0.39, 0.29) is 18.4 Å². The van der Waals surface area contributed by atoms with Gasteiger partial charge in [-0.1, -0.05) is 61.4 Å². The largest absolute Gasteiger partial charge is 0.354 e. The normalized spacial score (nSPS) is 12.3. The summed E-state index contributed by atoms with van der Waals surface area (Å²) in [5.41, 5.74) is 3.33. The van der Waals surface area contributed by atoms with E-state index in [4.69, 9.17) is 0 Å². The van der Waals surface area contributed by atoms with Crippen molar-refractivity contribution >= 4 is 27.5 Å². The second-order valence-corrected chi connectivity index (χ2v) is 10.8. The minimum absolute atomic E-state index is 0.195. The number of carbonyl (C=O) groups excluding carboxylic acids is 2. The van der Waals surface area contributed by atoms with Gasteiger partial charge in [0.2, 0.25) is 21.8 Å². The summed E-state index contributed by atoms with van der Waals surface area (Å²) in [5.74, 6) is -0.455. The number of carbonyl (C=O) groups is 2. The molecule has 0 unspecified atom stereocenters. The topological polar surface area (TPSA) is 86.8 Å². The molecular weight excluding hydrogens is 438 g/mol. The monoisotopic (exact) mass is 473 g/mol. The highest BCUT2D eigenvalue weighted by atomic mass is 32.2. The van der Waals surface area contributed by atoms with Crippen LogP contribution in [-0.2, 0) is 26.2 Å². The van der Waals surface area contributed by atoms with Crippen molar-refractivity contribution in [2.45, 2.75) is 47.2 Å². The zero-order chi connectivity index (χ0) is 24.8. The number of hydrogen-bond donors (Lipinski definition) is 1. The predicted octanol–water partition coefficient (Wildman–Crippen LogP) is 3.26. The Balaban J connectivity index is 2.34. The number of nitrogens with one attached hydrogen (secondary N) is 1. The average molecular weight is 474 g/mol. The zero-order valence-corrected chi connectivity index (χ0v) is 21.1. The Labute approximate surface area is 197 Å². The molecule has 0 aliphatic carbocycles. The maximum atomic E-state index is 13.4. The Morgan fingerprint density at radius 3 is 1.91 bits per heavy atom. The predicted molar refractivity (Wildman–Crippen MR) is 132 cm³/mol. The molecule has 180 valence electrons. The van der Waals surface area contributed by atoms with Gasteiger partial charge >= 0.3 is 0 Å². The van der Waals surface area contributed by atoms with Crippen molar-refractivity contribution < 1.29 is 18.0 Å². The van der Waals surface area contributed by atoms with Gasteiger partial charge in [0.05, 0.1) is 11.9 Å². The van der Waals surface area contributed by atoms with E-state index < -0.39 is 28.5 Å². The molecule has 0 heterocycles. The van der Waals surface area contributed by atoms with Crippen molar-refractivity contribution in [3.63, 3.8) is 0 Å². The number of nitrogens with zero attached hydrogens (tertiary/aromatic N) is 2. The van der Waals surface area contributed by atoms with Crippen LogP contribution in [0.3, 0.4) is 0 Å². The van der Waals surface area contributed by atoms with Crippen LogP contribution in [0.4, 0.5) is 5.69 Å². The van der Waals surface area contributed by atoms with Crippen LogP contribution in [0.1, 0.15) is 37.5 Å². The van der Waals surface area contributed by atoms with Crippen LogP contribution in [0, 0.1) is 19.8 Å². The molecule has 33 heavy (non-hydrogen) atoms. The molecule has 2 aromatic carbocycles. The standard InChI is InChI=1S/C25H35N3O4S/c1-18(2)15-26-25(30)21(5)27(16-22-11-7-19(3)8-12-22)24(29)17-28(33(6,31)32)23-13-9-20(4)10-14-23/h7-14,18,21H,15-17H2,1-6H3,(H,26,30)/t21-/m0/s1. The van der Waals surface area contributed by atoms with Crippen molar-refractivity contribution in [3.05, 3.63) is 65.2 Å². The van der Waals surface area contributed by atoms with E-state index in [0.717, 1.165) is 27.3 Å². The van der Waals surface area contributed by atoms with Crippen LogP contribution in [-0.4, -0.2) is 50.5 Å². The summed E-state index contributed by atoms with van der Waals surface area (Å²) in [6.07, 6.45) is 1.07. The number of sulfonamides is 1. The molecular formula is C25H35N3O4S. The molecule has 1 N–H and O–H groups in total. The van der Waals surface area contributed by atoms with Gasteiger partial charge in [0.25, 0.3) is 0 Å². The highest BCUT2D eigenvalue weighted by molar-refractivity contribution is 7.92. The van der Waals surface area contributed by atoms with E-state index >= 15 is 0 Å². The van der Waals surface area contributed by atoms with Gasteiger partial charge < -0.3 is 10.2 Å². The minimum Gasteiger partial charge on any atom is -0.354 e. The highest BCUT2D eigenvalue weighted by Crippen LogP contribution is 2.20. The second-order valence-electron chi connectivity index (χ2n) is 8.93. The van der Waals surface area contributed by atoms with Crippen molar-refractivity contribution in [2.75, 3.05) is 23.7 Å². The third kappa shape index (κ3) is 7.89. The molecule has 0 aliphatic rings. The summed E-state index contributed by atoms with van der Waals surface area (Å²) in [4.78, 5) is 27.7. The van der Waals surface area contributed by atoms with Gasteiger partial charge in [0.1, 0.15) is 12.6 Å². The molecule has 2 amide bonds. The highest BCUT2D eigenvalue weighted by Gasteiger charge is 2.30. The van der Waals surface area contributed by atoms with E-state index in [1.807, 2.05) is 52.0 Å². The van der Waals surface area contributed by atoms with Crippen molar-refractivity contribution in [3.8, 4) is 0 Å². The number of amides is 2. The van der Waals surface area contributed by atoms with Crippen LogP contribution in [0.25, 0.3) is 0 Å². The lowest BCUT2D eigenvalue weighted by atomic mass is 10.1. The first kappa shape index (κ1) is 26.4. The third-order valence-electron chi connectivity index (χ3n) is 5.33. The molecule has 0 saturated heterocycles. The average Bonchev–Trinajstić information content (AvgIpc) is 2.74. The Morgan fingerprint density at radius 1 is 0.909 bits per heavy atom. The number of hydrogen-bond acceptors (Lipinski definition) is 4. The minimum atomic E-state index is -3.72. The van der Waals surface area contributed by atoms with E-state index in [1.165, 1.54) is 4.90 Å². The molecule has 2 rings (SSSR count). The molecule has 7 nitrogen and oxygen atoms in total. The third-order valence-corrected chi connectivity index (χ3v) is 6.47.